The molecule has 2 heterocycles. The summed E-state index contributed by atoms with van der Waals surface area (Å²) >= 11 is 0. The summed E-state index contributed by atoms with van der Waals surface area (Å²) in [7, 11) is 0. The molecular formula is C16H30N2O. The van der Waals surface area contributed by atoms with Crippen LogP contribution in [0.3, 0.4) is 0 Å². The van der Waals surface area contributed by atoms with Crippen LogP contribution in [0.1, 0.15) is 54.4 Å². The number of ketones is 1. The van der Waals surface area contributed by atoms with Gasteiger partial charge in [-0.25, -0.2) is 0 Å². The number of rotatable bonds is 1. The quantitative estimate of drug-likeness (QED) is 0.791. The Bertz CT molecular complexity index is 351. The molecule has 0 amide bonds. The molecule has 1 N–H and O–H groups in total. The van der Waals surface area contributed by atoms with Crippen molar-refractivity contribution in [1.82, 2.24) is 10.2 Å². The Labute approximate surface area is 118 Å². The maximum atomic E-state index is 12.9. The van der Waals surface area contributed by atoms with Crippen molar-refractivity contribution >= 4 is 5.78 Å². The lowest BCUT2D eigenvalue weighted by Crippen LogP contribution is -2.52. The van der Waals surface area contributed by atoms with Crippen LogP contribution in [0.15, 0.2) is 0 Å². The molecule has 19 heavy (non-hydrogen) atoms. The van der Waals surface area contributed by atoms with Crippen LogP contribution < -0.4 is 5.32 Å². The van der Waals surface area contributed by atoms with Crippen LogP contribution in [0.25, 0.3) is 0 Å². The molecule has 0 radical (unpaired) electrons. The number of hydrogen-bond acceptors (Lipinski definition) is 3. The Balaban J connectivity index is 2.31. The highest BCUT2D eigenvalue weighted by Gasteiger charge is 2.51. The van der Waals surface area contributed by atoms with Crippen LogP contribution in [-0.4, -0.2) is 41.4 Å². The summed E-state index contributed by atoms with van der Waals surface area (Å²) in [6, 6.07) is 0.599. The fourth-order valence-electron chi connectivity index (χ4n) is 3.58. The van der Waals surface area contributed by atoms with Crippen LogP contribution >= 0.6 is 0 Å². The van der Waals surface area contributed by atoms with Gasteiger partial charge in [0.15, 0.2) is 5.78 Å². The summed E-state index contributed by atoms with van der Waals surface area (Å²) in [6.45, 7) is 15.0. The first-order valence-corrected chi connectivity index (χ1v) is 7.67. The van der Waals surface area contributed by atoms with Crippen molar-refractivity contribution in [2.24, 2.45) is 11.3 Å². The number of hydrogen-bond donors (Lipinski definition) is 1. The summed E-state index contributed by atoms with van der Waals surface area (Å²) in [5.41, 5.74) is -0.189. The highest BCUT2D eigenvalue weighted by atomic mass is 16.1. The zero-order valence-electron chi connectivity index (χ0n) is 13.4. The standard InChI is InChI=1S/C16H30N2O/c1-15(2,3)14(19)13-11-8-7-9-17-12(11)10-18(13)16(4,5)6/h11-13,17H,7-10H2,1-6H3. The molecular weight excluding hydrogens is 236 g/mol. The van der Waals surface area contributed by atoms with Crippen molar-refractivity contribution in [1.29, 1.82) is 0 Å². The highest BCUT2D eigenvalue weighted by molar-refractivity contribution is 5.89. The van der Waals surface area contributed by atoms with Crippen LogP contribution in [-0.2, 0) is 4.79 Å². The zero-order valence-corrected chi connectivity index (χ0v) is 13.4. The Morgan fingerprint density at radius 2 is 1.79 bits per heavy atom. The van der Waals surface area contributed by atoms with E-state index >= 15 is 0 Å². The van der Waals surface area contributed by atoms with Crippen LogP contribution in [0.5, 0.6) is 0 Å². The molecule has 3 unspecified atom stereocenters. The minimum Gasteiger partial charge on any atom is -0.312 e. The molecule has 3 nitrogen and oxygen atoms in total. The topological polar surface area (TPSA) is 32.3 Å². The zero-order chi connectivity index (χ0) is 14.4. The second kappa shape index (κ2) is 4.85. The molecule has 0 aromatic rings. The molecule has 0 aromatic carbocycles. The first kappa shape index (κ1) is 15.0. The van der Waals surface area contributed by atoms with E-state index in [0.717, 1.165) is 13.1 Å². The fraction of sp³-hybridized carbons (Fsp3) is 0.938. The average molecular weight is 266 g/mol. The van der Waals surface area contributed by atoms with E-state index in [-0.39, 0.29) is 17.0 Å². The molecule has 0 spiro atoms. The van der Waals surface area contributed by atoms with Crippen LogP contribution in [0.2, 0.25) is 0 Å². The first-order valence-electron chi connectivity index (χ1n) is 7.67. The van der Waals surface area contributed by atoms with Crippen molar-refractivity contribution in [2.75, 3.05) is 13.1 Å². The normalized spacial score (nSPS) is 33.3. The molecule has 3 heteroatoms. The lowest BCUT2D eigenvalue weighted by Gasteiger charge is -2.40. The van der Waals surface area contributed by atoms with Crippen LogP contribution in [0, 0.1) is 11.3 Å². The summed E-state index contributed by atoms with van der Waals surface area (Å²) < 4.78 is 0. The molecule has 2 rings (SSSR count). The third kappa shape index (κ3) is 2.87. The van der Waals surface area contributed by atoms with Gasteiger partial charge in [0.1, 0.15) is 0 Å². The molecule has 0 saturated carbocycles. The largest absolute Gasteiger partial charge is 0.312 e. The van der Waals surface area contributed by atoms with E-state index in [1.807, 2.05) is 0 Å². The SMILES string of the molecule is CC(C)(C)C(=O)C1C2CCCNC2CN1C(C)(C)C. The Morgan fingerprint density at radius 1 is 1.16 bits per heavy atom. The molecule has 2 aliphatic rings. The van der Waals surface area contributed by atoms with Gasteiger partial charge in [-0.1, -0.05) is 20.8 Å². The van der Waals surface area contributed by atoms with E-state index < -0.39 is 0 Å². The first-order chi connectivity index (χ1) is 8.62. The minimum absolute atomic E-state index is 0.0601. The van der Waals surface area contributed by atoms with Gasteiger partial charge in [-0.15, -0.1) is 0 Å². The van der Waals surface area contributed by atoms with Crippen molar-refractivity contribution in [2.45, 2.75) is 72.0 Å². The number of fused-ring (bicyclic) bond motifs is 1. The van der Waals surface area contributed by atoms with E-state index in [0.29, 0.717) is 17.7 Å². The summed E-state index contributed by atoms with van der Waals surface area (Å²) in [5, 5.41) is 3.63. The van der Waals surface area contributed by atoms with Gasteiger partial charge < -0.3 is 5.32 Å². The second-order valence-electron chi connectivity index (χ2n) is 8.25. The maximum absolute atomic E-state index is 12.9. The number of nitrogens with zero attached hydrogens (tertiary/aromatic N) is 1. The van der Waals surface area contributed by atoms with E-state index in [4.69, 9.17) is 0 Å². The number of carbonyl (C=O) groups excluding carboxylic acids is 1. The van der Waals surface area contributed by atoms with Crippen molar-refractivity contribution < 1.29 is 4.79 Å². The van der Waals surface area contributed by atoms with Gasteiger partial charge in [0.2, 0.25) is 0 Å². The second-order valence-corrected chi connectivity index (χ2v) is 8.25. The van der Waals surface area contributed by atoms with Crippen molar-refractivity contribution in [3.8, 4) is 0 Å². The number of likely N-dealkylation sites (tertiary alicyclic amines) is 1. The molecule has 0 aromatic heterocycles. The molecule has 110 valence electrons. The van der Waals surface area contributed by atoms with Crippen LogP contribution in [0.4, 0.5) is 0 Å². The minimum atomic E-state index is -0.250. The number of piperidine rings is 1. The summed E-state index contributed by atoms with van der Waals surface area (Å²) in [5.74, 6) is 0.915. The number of Topliss-reactive ketones (excluding diaryl/α,β-unsaturated/α-hetero) is 1. The monoisotopic (exact) mass is 266 g/mol. The van der Waals surface area contributed by atoms with E-state index in [1.165, 1.54) is 12.8 Å². The average Bonchev–Trinajstić information content (AvgIpc) is 2.65. The predicted molar refractivity (Wildman–Crippen MR) is 79.2 cm³/mol. The highest BCUT2D eigenvalue weighted by Crippen LogP contribution is 2.39. The summed E-state index contributed by atoms with van der Waals surface area (Å²) in [4.78, 5) is 15.3. The van der Waals surface area contributed by atoms with E-state index in [1.54, 1.807) is 0 Å². The fourth-order valence-corrected chi connectivity index (χ4v) is 3.58. The Kier molecular flexibility index (Phi) is 3.83. The van der Waals surface area contributed by atoms with Gasteiger partial charge in [-0.3, -0.25) is 9.69 Å². The van der Waals surface area contributed by atoms with Crippen molar-refractivity contribution in [3.63, 3.8) is 0 Å². The van der Waals surface area contributed by atoms with Crippen molar-refractivity contribution in [3.05, 3.63) is 0 Å². The Hall–Kier alpha value is -0.410. The van der Waals surface area contributed by atoms with Gasteiger partial charge in [-0.2, -0.15) is 0 Å². The van der Waals surface area contributed by atoms with Gasteiger partial charge in [0.25, 0.3) is 0 Å². The lowest BCUT2D eigenvalue weighted by atomic mass is 9.78. The van der Waals surface area contributed by atoms with Gasteiger partial charge in [0, 0.05) is 23.5 Å². The van der Waals surface area contributed by atoms with E-state index in [9.17, 15) is 4.79 Å². The predicted octanol–water partition coefficient (Wildman–Crippen LogP) is 2.45. The third-order valence-electron chi connectivity index (χ3n) is 4.64. The maximum Gasteiger partial charge on any atom is 0.155 e. The Morgan fingerprint density at radius 3 is 2.32 bits per heavy atom. The summed E-state index contributed by atoms with van der Waals surface area (Å²) in [6.07, 6.45) is 2.39. The van der Waals surface area contributed by atoms with Gasteiger partial charge >= 0.3 is 0 Å². The van der Waals surface area contributed by atoms with Gasteiger partial charge in [-0.05, 0) is 46.1 Å². The molecule has 3 atom stereocenters. The number of nitrogens with one attached hydrogen (secondary N) is 1. The molecule has 2 fully saturated rings. The smallest absolute Gasteiger partial charge is 0.155 e. The molecule has 0 bridgehead atoms. The van der Waals surface area contributed by atoms with E-state index in [2.05, 4.69) is 51.8 Å². The molecule has 2 saturated heterocycles. The lowest BCUT2D eigenvalue weighted by molar-refractivity contribution is -0.134. The third-order valence-corrected chi connectivity index (χ3v) is 4.64. The van der Waals surface area contributed by atoms with Gasteiger partial charge in [0.05, 0.1) is 6.04 Å². The number of carbonyl (C=O) groups is 1. The molecule has 2 aliphatic heterocycles. The molecule has 0 aliphatic carbocycles.